The van der Waals surface area contributed by atoms with Gasteiger partial charge in [-0.05, 0) is 24.0 Å². The van der Waals surface area contributed by atoms with Crippen LogP contribution in [-0.2, 0) is 0 Å². The van der Waals surface area contributed by atoms with Crippen molar-refractivity contribution in [1.29, 1.82) is 0 Å². The van der Waals surface area contributed by atoms with Gasteiger partial charge in [0.1, 0.15) is 0 Å². The average molecular weight is 212 g/mol. The standard InChI is InChI=1S/C14H16N2/c1-10-6-2-3-7-11-8-4-5-9-12(11)14(16)13(10)15/h2-3,5-7,9H,1,4,8,15-16H2/b6-2-,7-3-,14-13?. The first-order valence-corrected chi connectivity index (χ1v) is 5.39. The van der Waals surface area contributed by atoms with Crippen LogP contribution in [-0.4, -0.2) is 0 Å². The van der Waals surface area contributed by atoms with Crippen LogP contribution in [0.25, 0.3) is 0 Å². The monoisotopic (exact) mass is 212 g/mol. The zero-order valence-electron chi connectivity index (χ0n) is 9.24. The summed E-state index contributed by atoms with van der Waals surface area (Å²) in [5, 5.41) is 0. The first-order valence-electron chi connectivity index (χ1n) is 5.39. The normalized spacial score (nSPS) is 24.6. The smallest absolute Gasteiger partial charge is 0.0630 e. The van der Waals surface area contributed by atoms with Gasteiger partial charge in [-0.25, -0.2) is 0 Å². The molecule has 0 bridgehead atoms. The van der Waals surface area contributed by atoms with Gasteiger partial charge >= 0.3 is 0 Å². The summed E-state index contributed by atoms with van der Waals surface area (Å²) in [6.45, 7) is 3.90. The molecule has 0 aromatic heterocycles. The minimum atomic E-state index is 0.569. The molecule has 0 aliphatic heterocycles. The van der Waals surface area contributed by atoms with Crippen LogP contribution < -0.4 is 11.5 Å². The molecule has 0 aromatic rings. The lowest BCUT2D eigenvalue weighted by Gasteiger charge is -2.15. The Labute approximate surface area is 96.0 Å². The molecule has 0 aromatic carbocycles. The van der Waals surface area contributed by atoms with Crippen LogP contribution in [0, 0.1) is 0 Å². The molecule has 2 rings (SSSR count). The summed E-state index contributed by atoms with van der Waals surface area (Å²) in [6, 6.07) is 0. The highest BCUT2D eigenvalue weighted by Crippen LogP contribution is 2.26. The van der Waals surface area contributed by atoms with Gasteiger partial charge in [-0.15, -0.1) is 0 Å². The average Bonchev–Trinajstić information content (AvgIpc) is 2.36. The largest absolute Gasteiger partial charge is 0.397 e. The molecule has 0 amide bonds. The number of allylic oxidation sites excluding steroid dienone is 7. The van der Waals surface area contributed by atoms with Crippen LogP contribution >= 0.6 is 0 Å². The van der Waals surface area contributed by atoms with Crippen LogP contribution in [0.15, 0.2) is 71.1 Å². The molecule has 0 spiro atoms. The van der Waals surface area contributed by atoms with Gasteiger partial charge in [-0.1, -0.05) is 43.0 Å². The molecule has 0 saturated carbocycles. The van der Waals surface area contributed by atoms with E-state index in [9.17, 15) is 0 Å². The maximum Gasteiger partial charge on any atom is 0.0630 e. The van der Waals surface area contributed by atoms with E-state index in [0.29, 0.717) is 11.4 Å². The molecular formula is C14H16N2. The molecule has 4 N–H and O–H groups in total. The lowest BCUT2D eigenvalue weighted by atomic mass is 9.94. The number of rotatable bonds is 0. The quantitative estimate of drug-likeness (QED) is 0.648. The molecule has 0 unspecified atom stereocenters. The molecule has 2 nitrogen and oxygen atoms in total. The Morgan fingerprint density at radius 2 is 1.75 bits per heavy atom. The van der Waals surface area contributed by atoms with E-state index in [1.165, 1.54) is 5.57 Å². The highest BCUT2D eigenvalue weighted by atomic mass is 14.7. The fourth-order valence-corrected chi connectivity index (χ4v) is 1.87. The Morgan fingerprint density at radius 3 is 2.56 bits per heavy atom. The predicted molar refractivity (Wildman–Crippen MR) is 68.2 cm³/mol. The van der Waals surface area contributed by atoms with Gasteiger partial charge in [0.2, 0.25) is 0 Å². The Kier molecular flexibility index (Phi) is 2.82. The van der Waals surface area contributed by atoms with Gasteiger partial charge in [-0.3, -0.25) is 0 Å². The second kappa shape index (κ2) is 4.27. The Morgan fingerprint density at radius 1 is 1.00 bits per heavy atom. The summed E-state index contributed by atoms with van der Waals surface area (Å²) in [6.07, 6.45) is 14.2. The second-order valence-corrected chi connectivity index (χ2v) is 3.95. The summed E-state index contributed by atoms with van der Waals surface area (Å²) in [4.78, 5) is 0. The lowest BCUT2D eigenvalue weighted by molar-refractivity contribution is 0.966. The minimum absolute atomic E-state index is 0.569. The van der Waals surface area contributed by atoms with E-state index in [1.807, 2.05) is 24.3 Å². The Balaban J connectivity index is 2.60. The van der Waals surface area contributed by atoms with Crippen molar-refractivity contribution >= 4 is 0 Å². The molecule has 0 heterocycles. The summed E-state index contributed by atoms with van der Waals surface area (Å²) in [5.74, 6) is 0. The third kappa shape index (κ3) is 1.87. The zero-order chi connectivity index (χ0) is 11.5. The van der Waals surface area contributed by atoms with Gasteiger partial charge in [0.25, 0.3) is 0 Å². The number of nitrogens with two attached hydrogens (primary N) is 2. The van der Waals surface area contributed by atoms with Crippen LogP contribution in [0.4, 0.5) is 0 Å². The molecule has 0 saturated heterocycles. The third-order valence-electron chi connectivity index (χ3n) is 2.84. The van der Waals surface area contributed by atoms with Gasteiger partial charge in [0.15, 0.2) is 0 Å². The Hall–Kier alpha value is -1.96. The third-order valence-corrected chi connectivity index (χ3v) is 2.84. The lowest BCUT2D eigenvalue weighted by Crippen LogP contribution is -2.14. The highest BCUT2D eigenvalue weighted by Gasteiger charge is 2.12. The van der Waals surface area contributed by atoms with E-state index in [4.69, 9.17) is 11.5 Å². The van der Waals surface area contributed by atoms with E-state index in [-0.39, 0.29) is 0 Å². The van der Waals surface area contributed by atoms with Crippen LogP contribution in [0.3, 0.4) is 0 Å². The van der Waals surface area contributed by atoms with Crippen molar-refractivity contribution in [2.24, 2.45) is 11.5 Å². The summed E-state index contributed by atoms with van der Waals surface area (Å²) in [7, 11) is 0. The topological polar surface area (TPSA) is 52.0 Å². The predicted octanol–water partition coefficient (Wildman–Crippen LogP) is 2.44. The van der Waals surface area contributed by atoms with Crippen LogP contribution in [0.2, 0.25) is 0 Å². The SMILES string of the molecule is C=C1/C=C\C=C/C2=C(C=CCC2)C(N)=C1N. The zero-order valence-corrected chi connectivity index (χ0v) is 9.24. The van der Waals surface area contributed by atoms with Gasteiger partial charge in [-0.2, -0.15) is 0 Å². The van der Waals surface area contributed by atoms with Crippen molar-refractivity contribution in [3.8, 4) is 0 Å². The second-order valence-electron chi connectivity index (χ2n) is 3.95. The van der Waals surface area contributed by atoms with E-state index in [1.54, 1.807) is 0 Å². The van der Waals surface area contributed by atoms with Crippen molar-refractivity contribution in [1.82, 2.24) is 0 Å². The molecule has 0 radical (unpaired) electrons. The van der Waals surface area contributed by atoms with Crippen LogP contribution in [0.1, 0.15) is 12.8 Å². The van der Waals surface area contributed by atoms with Gasteiger partial charge in [0, 0.05) is 5.57 Å². The van der Waals surface area contributed by atoms with E-state index < -0.39 is 0 Å². The molecule has 2 heteroatoms. The van der Waals surface area contributed by atoms with E-state index in [2.05, 4.69) is 18.7 Å². The molecule has 0 atom stereocenters. The highest BCUT2D eigenvalue weighted by molar-refractivity contribution is 5.55. The van der Waals surface area contributed by atoms with Crippen molar-refractivity contribution in [3.05, 3.63) is 71.1 Å². The molecule has 2 aliphatic rings. The maximum atomic E-state index is 6.08. The molecule has 82 valence electrons. The summed E-state index contributed by atoms with van der Waals surface area (Å²) in [5.41, 5.74) is 16.3. The van der Waals surface area contributed by atoms with Crippen molar-refractivity contribution in [3.63, 3.8) is 0 Å². The van der Waals surface area contributed by atoms with E-state index in [0.717, 1.165) is 24.0 Å². The van der Waals surface area contributed by atoms with E-state index >= 15 is 0 Å². The van der Waals surface area contributed by atoms with Gasteiger partial charge in [0.05, 0.1) is 11.4 Å². The first-order chi connectivity index (χ1) is 7.70. The van der Waals surface area contributed by atoms with Crippen molar-refractivity contribution in [2.75, 3.05) is 0 Å². The molecule has 2 aliphatic carbocycles. The maximum absolute atomic E-state index is 6.08. The molecule has 16 heavy (non-hydrogen) atoms. The fraction of sp³-hybridized carbons (Fsp3) is 0.143. The molecular weight excluding hydrogens is 196 g/mol. The van der Waals surface area contributed by atoms with Crippen molar-refractivity contribution in [2.45, 2.75) is 12.8 Å². The molecule has 0 fully saturated rings. The van der Waals surface area contributed by atoms with Gasteiger partial charge < -0.3 is 11.5 Å². The van der Waals surface area contributed by atoms with Crippen LogP contribution in [0.5, 0.6) is 0 Å². The fourth-order valence-electron chi connectivity index (χ4n) is 1.87. The Bertz CT molecular complexity index is 471. The number of hydrogen-bond acceptors (Lipinski definition) is 2. The summed E-state index contributed by atoms with van der Waals surface area (Å²) >= 11 is 0. The first kappa shape index (κ1) is 10.6. The summed E-state index contributed by atoms with van der Waals surface area (Å²) < 4.78 is 0. The minimum Gasteiger partial charge on any atom is -0.397 e. The number of hydrogen-bond donors (Lipinski definition) is 2. The van der Waals surface area contributed by atoms with Crippen molar-refractivity contribution < 1.29 is 0 Å².